The monoisotopic (exact) mass is 368 g/mol. The summed E-state index contributed by atoms with van der Waals surface area (Å²) in [5.41, 5.74) is 4.32. The quantitative estimate of drug-likeness (QED) is 0.709. The summed E-state index contributed by atoms with van der Waals surface area (Å²) < 4.78 is 5.16. The Labute approximate surface area is 157 Å². The Bertz CT molecular complexity index is 947. The molecule has 1 aromatic heterocycles. The Morgan fingerprint density at radius 2 is 2.08 bits per heavy atom. The van der Waals surface area contributed by atoms with E-state index in [2.05, 4.69) is 16.4 Å². The van der Waals surface area contributed by atoms with Crippen molar-refractivity contribution in [3.8, 4) is 5.75 Å². The van der Waals surface area contributed by atoms with Gasteiger partial charge in [0.15, 0.2) is 0 Å². The number of nitrogens with one attached hydrogen (secondary N) is 2. The molecule has 0 radical (unpaired) electrons. The zero-order chi connectivity index (χ0) is 18.1. The summed E-state index contributed by atoms with van der Waals surface area (Å²) in [4.78, 5) is 16.0. The number of hydrogen-bond acceptors (Lipinski definition) is 2. The van der Waals surface area contributed by atoms with Gasteiger partial charge in [0.25, 0.3) is 0 Å². The summed E-state index contributed by atoms with van der Waals surface area (Å²) in [6.45, 7) is 0. The van der Waals surface area contributed by atoms with Crippen LogP contribution >= 0.6 is 11.6 Å². The molecule has 1 amide bonds. The van der Waals surface area contributed by atoms with Crippen molar-refractivity contribution in [2.75, 3.05) is 7.11 Å². The van der Waals surface area contributed by atoms with Gasteiger partial charge < -0.3 is 15.0 Å². The fraction of sp³-hybridized carbons (Fsp3) is 0.286. The molecule has 26 heavy (non-hydrogen) atoms. The molecule has 1 aliphatic rings. The highest BCUT2D eigenvalue weighted by molar-refractivity contribution is 6.35. The van der Waals surface area contributed by atoms with Gasteiger partial charge in [-0.1, -0.05) is 35.9 Å². The van der Waals surface area contributed by atoms with Gasteiger partial charge in [-0.25, -0.2) is 0 Å². The van der Waals surface area contributed by atoms with Crippen LogP contribution in [0.2, 0.25) is 5.02 Å². The summed E-state index contributed by atoms with van der Waals surface area (Å²) in [5, 5.41) is 5.08. The second-order valence-electron chi connectivity index (χ2n) is 6.72. The van der Waals surface area contributed by atoms with Gasteiger partial charge in [0.1, 0.15) is 5.75 Å². The Hall–Kier alpha value is -2.46. The molecule has 0 fully saturated rings. The van der Waals surface area contributed by atoms with Crippen LogP contribution in [0.3, 0.4) is 0 Å². The standard InChI is InChI=1S/C21H21ClN2O2/c1-26-14-10-8-13(9-11-14)12-19(25)23-18-7-3-5-16-15-4-2-6-17(22)20(15)24-21(16)18/h2,4,6,8-11,18,24H,3,5,7,12H2,1H3,(H,23,25)/t18-/m1/s1. The van der Waals surface area contributed by atoms with E-state index in [4.69, 9.17) is 16.3 Å². The number of aromatic nitrogens is 1. The molecule has 2 N–H and O–H groups in total. The first-order valence-electron chi connectivity index (χ1n) is 8.87. The van der Waals surface area contributed by atoms with E-state index in [0.29, 0.717) is 6.42 Å². The van der Waals surface area contributed by atoms with Gasteiger partial charge in [-0.05, 0) is 48.6 Å². The fourth-order valence-electron chi connectivity index (χ4n) is 3.77. The largest absolute Gasteiger partial charge is 0.497 e. The number of carbonyl (C=O) groups excluding carboxylic acids is 1. The van der Waals surface area contributed by atoms with E-state index in [0.717, 1.165) is 46.8 Å². The Morgan fingerprint density at radius 1 is 1.27 bits per heavy atom. The maximum Gasteiger partial charge on any atom is 0.224 e. The lowest BCUT2D eigenvalue weighted by Crippen LogP contribution is -2.32. The average molecular weight is 369 g/mol. The minimum atomic E-state index is 0.00738. The summed E-state index contributed by atoms with van der Waals surface area (Å²) in [7, 11) is 1.63. The third-order valence-electron chi connectivity index (χ3n) is 5.05. The van der Waals surface area contributed by atoms with Gasteiger partial charge >= 0.3 is 0 Å². The number of hydrogen-bond donors (Lipinski definition) is 2. The normalized spacial score (nSPS) is 16.3. The van der Waals surface area contributed by atoms with Gasteiger partial charge in [0.2, 0.25) is 5.91 Å². The van der Waals surface area contributed by atoms with Crippen LogP contribution in [-0.2, 0) is 17.6 Å². The zero-order valence-electron chi connectivity index (χ0n) is 14.6. The van der Waals surface area contributed by atoms with Crippen molar-refractivity contribution in [3.05, 3.63) is 64.3 Å². The SMILES string of the molecule is COc1ccc(CC(=O)N[C@@H]2CCCc3c2[nH]c2c(Cl)cccc32)cc1. The van der Waals surface area contributed by atoms with Crippen molar-refractivity contribution < 1.29 is 9.53 Å². The molecule has 1 atom stereocenters. The van der Waals surface area contributed by atoms with E-state index < -0.39 is 0 Å². The Kier molecular flexibility index (Phi) is 4.60. The molecule has 0 spiro atoms. The number of rotatable bonds is 4. The molecule has 4 nitrogen and oxygen atoms in total. The molecule has 0 saturated heterocycles. The lowest BCUT2D eigenvalue weighted by Gasteiger charge is -2.24. The first kappa shape index (κ1) is 17.0. The van der Waals surface area contributed by atoms with Crippen LogP contribution in [0, 0.1) is 0 Å². The fourth-order valence-corrected chi connectivity index (χ4v) is 3.99. The average Bonchev–Trinajstić information content (AvgIpc) is 3.04. The number of H-pyrrole nitrogens is 1. The number of amides is 1. The highest BCUT2D eigenvalue weighted by Crippen LogP contribution is 2.36. The molecular weight excluding hydrogens is 348 g/mol. The first-order valence-corrected chi connectivity index (χ1v) is 9.25. The van der Waals surface area contributed by atoms with Crippen LogP contribution in [0.4, 0.5) is 0 Å². The maximum absolute atomic E-state index is 12.5. The van der Waals surface area contributed by atoms with Gasteiger partial charge in [0, 0.05) is 11.1 Å². The molecule has 0 unspecified atom stereocenters. The molecule has 0 saturated carbocycles. The van der Waals surface area contributed by atoms with Crippen molar-refractivity contribution in [1.82, 2.24) is 10.3 Å². The first-order chi connectivity index (χ1) is 12.7. The number of fused-ring (bicyclic) bond motifs is 3. The zero-order valence-corrected chi connectivity index (χ0v) is 15.4. The Morgan fingerprint density at radius 3 is 2.85 bits per heavy atom. The van der Waals surface area contributed by atoms with Gasteiger partial charge in [-0.15, -0.1) is 0 Å². The van der Waals surface area contributed by atoms with Crippen LogP contribution in [0.15, 0.2) is 42.5 Å². The number of para-hydroxylation sites is 1. The van der Waals surface area contributed by atoms with E-state index in [1.165, 1.54) is 10.9 Å². The number of halogens is 1. The lowest BCUT2D eigenvalue weighted by atomic mass is 9.91. The Balaban J connectivity index is 1.53. The summed E-state index contributed by atoms with van der Waals surface area (Å²) in [6.07, 6.45) is 3.36. The van der Waals surface area contributed by atoms with Crippen molar-refractivity contribution in [3.63, 3.8) is 0 Å². The van der Waals surface area contributed by atoms with Crippen LogP contribution in [-0.4, -0.2) is 18.0 Å². The van der Waals surface area contributed by atoms with Crippen molar-refractivity contribution in [2.24, 2.45) is 0 Å². The number of aromatic amines is 1. The van der Waals surface area contributed by atoms with Crippen LogP contribution in [0.1, 0.15) is 35.7 Å². The lowest BCUT2D eigenvalue weighted by molar-refractivity contribution is -0.121. The summed E-state index contributed by atoms with van der Waals surface area (Å²) >= 11 is 6.33. The predicted octanol–water partition coefficient (Wildman–Crippen LogP) is 4.57. The van der Waals surface area contributed by atoms with E-state index in [9.17, 15) is 4.79 Å². The van der Waals surface area contributed by atoms with Crippen LogP contribution in [0.5, 0.6) is 5.75 Å². The molecule has 134 valence electrons. The maximum atomic E-state index is 12.5. The van der Waals surface area contributed by atoms with E-state index in [1.54, 1.807) is 7.11 Å². The number of methoxy groups -OCH3 is 1. The van der Waals surface area contributed by atoms with Crippen molar-refractivity contribution in [1.29, 1.82) is 0 Å². The third kappa shape index (κ3) is 3.17. The number of ether oxygens (including phenoxy) is 1. The molecule has 1 heterocycles. The molecule has 1 aliphatic carbocycles. The second-order valence-corrected chi connectivity index (χ2v) is 7.12. The summed E-state index contributed by atoms with van der Waals surface area (Å²) in [5.74, 6) is 0.818. The highest BCUT2D eigenvalue weighted by Gasteiger charge is 2.26. The predicted molar refractivity (Wildman–Crippen MR) is 104 cm³/mol. The highest BCUT2D eigenvalue weighted by atomic mass is 35.5. The van der Waals surface area contributed by atoms with Crippen LogP contribution < -0.4 is 10.1 Å². The number of benzene rings is 2. The van der Waals surface area contributed by atoms with Crippen molar-refractivity contribution in [2.45, 2.75) is 31.7 Å². The van der Waals surface area contributed by atoms with Crippen LogP contribution in [0.25, 0.3) is 10.9 Å². The minimum Gasteiger partial charge on any atom is -0.497 e. The molecule has 3 aromatic rings. The smallest absolute Gasteiger partial charge is 0.224 e. The third-order valence-corrected chi connectivity index (χ3v) is 5.37. The minimum absolute atomic E-state index is 0.00738. The van der Waals surface area contributed by atoms with E-state index >= 15 is 0 Å². The number of aryl methyl sites for hydroxylation is 1. The molecule has 0 bridgehead atoms. The topological polar surface area (TPSA) is 54.1 Å². The van der Waals surface area contributed by atoms with Gasteiger partial charge in [-0.3, -0.25) is 4.79 Å². The molecule has 2 aromatic carbocycles. The second kappa shape index (κ2) is 7.04. The van der Waals surface area contributed by atoms with Gasteiger partial charge in [0.05, 0.1) is 30.1 Å². The van der Waals surface area contributed by atoms with E-state index in [1.807, 2.05) is 36.4 Å². The summed E-state index contributed by atoms with van der Waals surface area (Å²) in [6, 6.07) is 13.6. The van der Waals surface area contributed by atoms with Gasteiger partial charge in [-0.2, -0.15) is 0 Å². The van der Waals surface area contributed by atoms with Crippen molar-refractivity contribution >= 4 is 28.4 Å². The molecule has 0 aliphatic heterocycles. The molecule has 5 heteroatoms. The molecular formula is C21H21ClN2O2. The number of carbonyl (C=O) groups is 1. The van der Waals surface area contributed by atoms with E-state index in [-0.39, 0.29) is 11.9 Å². The molecule has 4 rings (SSSR count).